The lowest BCUT2D eigenvalue weighted by molar-refractivity contribution is -0.132. The number of hydrogen-bond donors (Lipinski definition) is 0. The van der Waals surface area contributed by atoms with E-state index in [2.05, 4.69) is 19.9 Å². The van der Waals surface area contributed by atoms with Crippen molar-refractivity contribution >= 4 is 44.3 Å². The molecule has 28 heavy (non-hydrogen) atoms. The molecule has 0 aliphatic rings. The Morgan fingerprint density at radius 2 is 1.21 bits per heavy atom. The van der Waals surface area contributed by atoms with E-state index in [9.17, 15) is 9.59 Å². The Hall–Kier alpha value is -3.40. The van der Waals surface area contributed by atoms with Gasteiger partial charge in [-0.15, -0.1) is 0 Å². The maximum atomic E-state index is 11.3. The normalized spacial score (nSPS) is 11.1. The van der Waals surface area contributed by atoms with Crippen molar-refractivity contribution < 1.29 is 19.1 Å². The van der Waals surface area contributed by atoms with Crippen molar-refractivity contribution in [2.24, 2.45) is 0 Å². The lowest BCUT2D eigenvalue weighted by Crippen LogP contribution is -2.01. The third-order valence-electron chi connectivity index (χ3n) is 5.09. The van der Waals surface area contributed by atoms with Crippen LogP contribution in [0.5, 0.6) is 11.5 Å². The number of benzene rings is 4. The van der Waals surface area contributed by atoms with Gasteiger partial charge in [0.25, 0.3) is 0 Å². The molecule has 0 bridgehead atoms. The fraction of sp³-hybridized carbons (Fsp3) is 0.167. The first-order valence-electron chi connectivity index (χ1n) is 9.11. The quantitative estimate of drug-likeness (QED) is 0.198. The van der Waals surface area contributed by atoms with Crippen LogP contribution in [0.4, 0.5) is 0 Å². The Bertz CT molecular complexity index is 1280. The molecule has 140 valence electrons. The number of rotatable bonds is 2. The first-order chi connectivity index (χ1) is 13.3. The molecule has 0 aromatic heterocycles. The van der Waals surface area contributed by atoms with Crippen LogP contribution in [0.3, 0.4) is 0 Å². The van der Waals surface area contributed by atoms with Gasteiger partial charge in [-0.2, -0.15) is 0 Å². The predicted molar refractivity (Wildman–Crippen MR) is 111 cm³/mol. The molecule has 0 N–H and O–H groups in total. The molecule has 0 aliphatic heterocycles. The number of ether oxygens (including phenoxy) is 2. The number of aryl methyl sites for hydroxylation is 2. The van der Waals surface area contributed by atoms with Gasteiger partial charge >= 0.3 is 11.9 Å². The van der Waals surface area contributed by atoms with Gasteiger partial charge in [0.2, 0.25) is 0 Å². The van der Waals surface area contributed by atoms with E-state index in [-0.39, 0.29) is 11.9 Å². The number of hydrogen-bond acceptors (Lipinski definition) is 4. The molecule has 0 fully saturated rings. The fourth-order valence-corrected chi connectivity index (χ4v) is 3.92. The van der Waals surface area contributed by atoms with E-state index in [1.54, 1.807) is 0 Å². The van der Waals surface area contributed by atoms with E-state index >= 15 is 0 Å². The second kappa shape index (κ2) is 6.64. The summed E-state index contributed by atoms with van der Waals surface area (Å²) < 4.78 is 10.5. The van der Waals surface area contributed by atoms with Crippen LogP contribution in [0.1, 0.15) is 25.0 Å². The van der Waals surface area contributed by atoms with Crippen LogP contribution in [-0.2, 0) is 9.59 Å². The van der Waals surface area contributed by atoms with Crippen molar-refractivity contribution in [1.29, 1.82) is 0 Å². The number of carbonyl (C=O) groups is 2. The topological polar surface area (TPSA) is 52.6 Å². The van der Waals surface area contributed by atoms with Crippen molar-refractivity contribution in [3.63, 3.8) is 0 Å². The molecule has 0 heterocycles. The van der Waals surface area contributed by atoms with Crippen LogP contribution in [0.2, 0.25) is 0 Å². The molecule has 0 amide bonds. The molecule has 4 nitrogen and oxygen atoms in total. The average molecular weight is 372 g/mol. The minimum Gasteiger partial charge on any atom is -0.427 e. The molecule has 4 aromatic rings. The summed E-state index contributed by atoms with van der Waals surface area (Å²) in [6.07, 6.45) is 0. The summed E-state index contributed by atoms with van der Waals surface area (Å²) in [5.74, 6) is 0.431. The van der Waals surface area contributed by atoms with Gasteiger partial charge in [0.1, 0.15) is 11.5 Å². The summed E-state index contributed by atoms with van der Waals surface area (Å²) in [4.78, 5) is 22.5. The van der Waals surface area contributed by atoms with Crippen LogP contribution in [-0.4, -0.2) is 11.9 Å². The van der Waals surface area contributed by atoms with Gasteiger partial charge in [0, 0.05) is 13.8 Å². The third kappa shape index (κ3) is 2.97. The molecule has 0 saturated carbocycles. The second-order valence-electron chi connectivity index (χ2n) is 7.02. The number of carbonyl (C=O) groups excluding carboxylic acids is 2. The highest BCUT2D eigenvalue weighted by atomic mass is 16.5. The summed E-state index contributed by atoms with van der Waals surface area (Å²) in [5.41, 5.74) is 2.30. The standard InChI is InChI=1S/C24H20O4/c1-13-21-8-5-17-11-18(27-15(3)25)7-10-22(17)24(21)14(2)20-9-6-19(12-23(13)20)28-16(4)26/h5-12H,1-4H3. The maximum Gasteiger partial charge on any atom is 0.308 e. The maximum absolute atomic E-state index is 11.3. The monoisotopic (exact) mass is 372 g/mol. The van der Waals surface area contributed by atoms with E-state index in [4.69, 9.17) is 9.47 Å². The molecule has 0 unspecified atom stereocenters. The van der Waals surface area contributed by atoms with E-state index in [1.165, 1.54) is 19.2 Å². The van der Waals surface area contributed by atoms with Crippen molar-refractivity contribution in [1.82, 2.24) is 0 Å². The van der Waals surface area contributed by atoms with Gasteiger partial charge in [-0.1, -0.05) is 24.3 Å². The third-order valence-corrected chi connectivity index (χ3v) is 5.09. The van der Waals surface area contributed by atoms with Crippen molar-refractivity contribution in [3.05, 3.63) is 59.7 Å². The van der Waals surface area contributed by atoms with E-state index in [1.807, 2.05) is 42.5 Å². The van der Waals surface area contributed by atoms with Gasteiger partial charge < -0.3 is 9.47 Å². The van der Waals surface area contributed by atoms with E-state index in [0.717, 1.165) is 38.1 Å². The molecule has 0 spiro atoms. The minimum atomic E-state index is -0.332. The molecular weight excluding hydrogens is 352 g/mol. The van der Waals surface area contributed by atoms with Crippen LogP contribution in [0.15, 0.2) is 48.5 Å². The zero-order valence-corrected chi connectivity index (χ0v) is 16.3. The first-order valence-corrected chi connectivity index (χ1v) is 9.11. The molecule has 4 rings (SSSR count). The Balaban J connectivity index is 2.02. The summed E-state index contributed by atoms with van der Waals surface area (Å²) in [5, 5.41) is 6.65. The van der Waals surface area contributed by atoms with Crippen LogP contribution in [0.25, 0.3) is 32.3 Å². The lowest BCUT2D eigenvalue weighted by Gasteiger charge is -2.15. The van der Waals surface area contributed by atoms with Gasteiger partial charge in [0.15, 0.2) is 0 Å². The highest BCUT2D eigenvalue weighted by Gasteiger charge is 2.13. The Kier molecular flexibility index (Phi) is 4.27. The highest BCUT2D eigenvalue weighted by molar-refractivity contribution is 6.16. The zero-order valence-electron chi connectivity index (χ0n) is 16.3. The smallest absolute Gasteiger partial charge is 0.308 e. The van der Waals surface area contributed by atoms with E-state index < -0.39 is 0 Å². The average Bonchev–Trinajstić information content (AvgIpc) is 2.64. The van der Waals surface area contributed by atoms with Crippen molar-refractivity contribution in [3.8, 4) is 11.5 Å². The second-order valence-corrected chi connectivity index (χ2v) is 7.02. The molecule has 0 aliphatic carbocycles. The van der Waals surface area contributed by atoms with Crippen LogP contribution >= 0.6 is 0 Å². The zero-order chi connectivity index (χ0) is 20.0. The molecule has 4 heteroatoms. The fourth-order valence-electron chi connectivity index (χ4n) is 3.92. The lowest BCUT2D eigenvalue weighted by atomic mass is 9.90. The predicted octanol–water partition coefficient (Wildman–Crippen LogP) is 5.61. The Morgan fingerprint density at radius 1 is 0.643 bits per heavy atom. The Morgan fingerprint density at radius 3 is 1.86 bits per heavy atom. The van der Waals surface area contributed by atoms with Crippen molar-refractivity contribution in [2.45, 2.75) is 27.7 Å². The minimum absolute atomic E-state index is 0.330. The summed E-state index contributed by atoms with van der Waals surface area (Å²) in [7, 11) is 0. The molecule has 0 radical (unpaired) electrons. The molecule has 0 atom stereocenters. The van der Waals surface area contributed by atoms with Gasteiger partial charge in [-0.05, 0) is 81.6 Å². The van der Waals surface area contributed by atoms with Crippen LogP contribution in [0, 0.1) is 13.8 Å². The number of fused-ring (bicyclic) bond motifs is 4. The van der Waals surface area contributed by atoms with Gasteiger partial charge in [0.05, 0.1) is 0 Å². The largest absolute Gasteiger partial charge is 0.427 e. The van der Waals surface area contributed by atoms with Crippen LogP contribution < -0.4 is 9.47 Å². The van der Waals surface area contributed by atoms with E-state index in [0.29, 0.717) is 11.5 Å². The molecular formula is C24H20O4. The van der Waals surface area contributed by atoms with Gasteiger partial charge in [-0.25, -0.2) is 0 Å². The Labute approximate surface area is 162 Å². The van der Waals surface area contributed by atoms with Gasteiger partial charge in [-0.3, -0.25) is 9.59 Å². The first kappa shape index (κ1) is 18.0. The summed E-state index contributed by atoms with van der Waals surface area (Å²) in [6, 6.07) is 15.6. The number of esters is 2. The summed E-state index contributed by atoms with van der Waals surface area (Å²) >= 11 is 0. The summed E-state index contributed by atoms with van der Waals surface area (Å²) in [6.45, 7) is 6.99. The molecule has 0 saturated heterocycles. The highest BCUT2D eigenvalue weighted by Crippen LogP contribution is 2.38. The SMILES string of the molecule is CC(=O)Oc1ccc2c(ccc3c(C)c4cc(OC(C)=O)ccc4c(C)c32)c1. The molecule has 4 aromatic carbocycles. The van der Waals surface area contributed by atoms with Crippen molar-refractivity contribution in [2.75, 3.05) is 0 Å².